The molecule has 1 aliphatic rings. The second-order valence-corrected chi connectivity index (χ2v) is 6.25. The number of carbonyl (C=O) groups excluding carboxylic acids is 1. The maximum absolute atomic E-state index is 13.1. The van der Waals surface area contributed by atoms with E-state index >= 15 is 0 Å². The Bertz CT molecular complexity index is 937. The van der Waals surface area contributed by atoms with E-state index in [4.69, 9.17) is 11.6 Å². The molecule has 0 saturated heterocycles. The molecule has 2 aromatic carbocycles. The summed E-state index contributed by atoms with van der Waals surface area (Å²) in [5.74, 6) is -3.67. The zero-order valence-corrected chi connectivity index (χ0v) is 13.1. The minimum absolute atomic E-state index is 0.124. The van der Waals surface area contributed by atoms with Crippen LogP contribution < -0.4 is 5.32 Å². The van der Waals surface area contributed by atoms with E-state index in [0.29, 0.717) is 32.7 Å². The van der Waals surface area contributed by atoms with Gasteiger partial charge < -0.3 is 5.32 Å². The van der Waals surface area contributed by atoms with Crippen LogP contribution >= 0.6 is 11.6 Å². The lowest BCUT2D eigenvalue weighted by Gasteiger charge is -2.08. The van der Waals surface area contributed by atoms with Gasteiger partial charge in [-0.3, -0.25) is 9.89 Å². The number of nitrogens with one attached hydrogen (secondary N) is 2. The molecular weight excluding hydrogens is 336 g/mol. The number of carbonyl (C=O) groups is 1. The van der Waals surface area contributed by atoms with Crippen LogP contribution in [-0.4, -0.2) is 22.0 Å². The number of hydrogen-bond acceptors (Lipinski definition) is 2. The molecule has 1 heterocycles. The predicted octanol–water partition coefficient (Wildman–Crippen LogP) is 4.59. The Morgan fingerprint density at radius 1 is 1.25 bits per heavy atom. The van der Waals surface area contributed by atoms with Gasteiger partial charge in [0.15, 0.2) is 0 Å². The Balaban J connectivity index is 1.55. The minimum Gasteiger partial charge on any atom is -0.320 e. The molecule has 122 valence electrons. The van der Waals surface area contributed by atoms with Gasteiger partial charge in [0.25, 0.3) is 11.8 Å². The normalized spacial score (nSPS) is 18.5. The Morgan fingerprint density at radius 2 is 1.96 bits per heavy atom. The van der Waals surface area contributed by atoms with Gasteiger partial charge in [0.1, 0.15) is 0 Å². The first-order valence-corrected chi connectivity index (χ1v) is 7.74. The van der Waals surface area contributed by atoms with Gasteiger partial charge in [-0.15, -0.1) is 0 Å². The zero-order chi connectivity index (χ0) is 16.9. The molecule has 1 unspecified atom stereocenters. The van der Waals surface area contributed by atoms with Crippen molar-refractivity contribution >= 4 is 34.1 Å². The summed E-state index contributed by atoms with van der Waals surface area (Å²) in [5.41, 5.74) is 2.13. The van der Waals surface area contributed by atoms with Gasteiger partial charge >= 0.3 is 0 Å². The van der Waals surface area contributed by atoms with Crippen molar-refractivity contribution < 1.29 is 13.6 Å². The number of anilines is 1. The molecular formula is C17H12ClF2N3O. The van der Waals surface area contributed by atoms with Crippen molar-refractivity contribution in [1.29, 1.82) is 0 Å². The molecule has 1 amide bonds. The largest absolute Gasteiger partial charge is 0.320 e. The van der Waals surface area contributed by atoms with E-state index in [-0.39, 0.29) is 12.3 Å². The molecule has 1 atom stereocenters. The van der Waals surface area contributed by atoms with Crippen molar-refractivity contribution in [2.24, 2.45) is 0 Å². The number of rotatable bonds is 3. The lowest BCUT2D eigenvalue weighted by atomic mass is 10.1. The third-order valence-electron chi connectivity index (χ3n) is 4.21. The first-order valence-electron chi connectivity index (χ1n) is 7.36. The maximum atomic E-state index is 13.1. The summed E-state index contributed by atoms with van der Waals surface area (Å²) in [6, 6.07) is 9.62. The smallest absolute Gasteiger partial charge is 0.255 e. The summed E-state index contributed by atoms with van der Waals surface area (Å²) in [4.78, 5) is 12.4. The van der Waals surface area contributed by atoms with Crippen LogP contribution in [0, 0.1) is 0 Å². The Labute approximate surface area is 140 Å². The van der Waals surface area contributed by atoms with E-state index in [2.05, 4.69) is 15.5 Å². The molecule has 1 fully saturated rings. The summed E-state index contributed by atoms with van der Waals surface area (Å²) in [5, 5.41) is 10.7. The van der Waals surface area contributed by atoms with Gasteiger partial charge in [0.2, 0.25) is 0 Å². The Morgan fingerprint density at radius 3 is 2.62 bits per heavy atom. The summed E-state index contributed by atoms with van der Waals surface area (Å²) < 4.78 is 26.2. The zero-order valence-electron chi connectivity index (χ0n) is 12.3. The van der Waals surface area contributed by atoms with Crippen molar-refractivity contribution in [3.63, 3.8) is 0 Å². The van der Waals surface area contributed by atoms with E-state index in [9.17, 15) is 13.6 Å². The standard InChI is InChI=1S/C17H12ClF2N3O/c18-13-5-6-14(15-11(13)8-21-23-15)22-16(24)10-3-1-9(2-4-10)12-7-17(12,19)20/h1-6,8,12H,7H2,(H,21,23)(H,22,24). The van der Waals surface area contributed by atoms with Crippen LogP contribution in [0.4, 0.5) is 14.5 Å². The quantitative estimate of drug-likeness (QED) is 0.728. The molecule has 0 radical (unpaired) electrons. The van der Waals surface area contributed by atoms with Gasteiger partial charge in [-0.1, -0.05) is 23.7 Å². The highest BCUT2D eigenvalue weighted by atomic mass is 35.5. The average Bonchev–Trinajstić information content (AvgIpc) is 2.99. The fourth-order valence-corrected chi connectivity index (χ4v) is 2.95. The predicted molar refractivity (Wildman–Crippen MR) is 87.8 cm³/mol. The van der Waals surface area contributed by atoms with Gasteiger partial charge in [0, 0.05) is 17.4 Å². The second kappa shape index (κ2) is 5.27. The summed E-state index contributed by atoms with van der Waals surface area (Å²) in [6.07, 6.45) is 1.46. The second-order valence-electron chi connectivity index (χ2n) is 5.85. The van der Waals surface area contributed by atoms with Gasteiger partial charge in [-0.05, 0) is 29.8 Å². The number of amides is 1. The number of hydrogen-bond donors (Lipinski definition) is 2. The van der Waals surface area contributed by atoms with Gasteiger partial charge in [0.05, 0.1) is 28.3 Å². The van der Waals surface area contributed by atoms with Crippen LogP contribution in [0.15, 0.2) is 42.6 Å². The SMILES string of the molecule is O=C(Nc1ccc(Cl)c2cn[nH]c12)c1ccc(C2CC2(F)F)cc1. The Hall–Kier alpha value is -2.47. The van der Waals surface area contributed by atoms with Crippen molar-refractivity contribution in [3.8, 4) is 0 Å². The van der Waals surface area contributed by atoms with Crippen molar-refractivity contribution in [3.05, 3.63) is 58.7 Å². The van der Waals surface area contributed by atoms with Crippen molar-refractivity contribution in [2.75, 3.05) is 5.32 Å². The van der Waals surface area contributed by atoms with E-state index in [1.165, 1.54) is 0 Å². The molecule has 2 N–H and O–H groups in total. The van der Waals surface area contributed by atoms with Crippen LogP contribution in [0.3, 0.4) is 0 Å². The molecule has 1 aliphatic carbocycles. The maximum Gasteiger partial charge on any atom is 0.255 e. The van der Waals surface area contributed by atoms with Crippen molar-refractivity contribution in [2.45, 2.75) is 18.3 Å². The molecule has 0 aliphatic heterocycles. The average molecular weight is 348 g/mol. The lowest BCUT2D eigenvalue weighted by molar-refractivity contribution is 0.102. The highest BCUT2D eigenvalue weighted by Crippen LogP contribution is 2.55. The number of fused-ring (bicyclic) bond motifs is 1. The molecule has 1 saturated carbocycles. The molecule has 0 bridgehead atoms. The monoisotopic (exact) mass is 347 g/mol. The van der Waals surface area contributed by atoms with Crippen molar-refractivity contribution in [1.82, 2.24) is 10.2 Å². The van der Waals surface area contributed by atoms with E-state index in [1.807, 2.05) is 0 Å². The minimum atomic E-state index is -2.61. The van der Waals surface area contributed by atoms with Gasteiger partial charge in [-0.2, -0.15) is 5.10 Å². The Kier molecular flexibility index (Phi) is 3.31. The molecule has 24 heavy (non-hydrogen) atoms. The number of aromatic nitrogens is 2. The third-order valence-corrected chi connectivity index (χ3v) is 4.54. The van der Waals surface area contributed by atoms with Crippen LogP contribution in [0.2, 0.25) is 5.02 Å². The van der Waals surface area contributed by atoms with E-state index in [0.717, 1.165) is 0 Å². The number of nitrogens with zero attached hydrogens (tertiary/aromatic N) is 1. The highest BCUT2D eigenvalue weighted by Gasteiger charge is 2.57. The molecule has 3 aromatic rings. The fourth-order valence-electron chi connectivity index (χ4n) is 2.74. The van der Waals surface area contributed by atoms with Crippen LogP contribution in [0.25, 0.3) is 10.9 Å². The summed E-state index contributed by atoms with van der Waals surface area (Å²) in [7, 11) is 0. The molecule has 1 aromatic heterocycles. The number of benzene rings is 2. The number of halogens is 3. The first-order chi connectivity index (χ1) is 11.5. The van der Waals surface area contributed by atoms with Crippen LogP contribution in [0.5, 0.6) is 0 Å². The molecule has 7 heteroatoms. The molecule has 0 spiro atoms. The number of alkyl halides is 2. The van der Waals surface area contributed by atoms with Gasteiger partial charge in [-0.25, -0.2) is 8.78 Å². The number of H-pyrrole nitrogens is 1. The fraction of sp³-hybridized carbons (Fsp3) is 0.176. The summed E-state index contributed by atoms with van der Waals surface area (Å²) >= 11 is 6.07. The van der Waals surface area contributed by atoms with Crippen LogP contribution in [-0.2, 0) is 0 Å². The van der Waals surface area contributed by atoms with Crippen LogP contribution in [0.1, 0.15) is 28.3 Å². The highest BCUT2D eigenvalue weighted by molar-refractivity contribution is 6.36. The molecule has 4 nitrogen and oxygen atoms in total. The first kappa shape index (κ1) is 15.1. The third kappa shape index (κ3) is 2.53. The summed E-state index contributed by atoms with van der Waals surface area (Å²) in [6.45, 7) is 0. The molecule has 4 rings (SSSR count). The number of aromatic amines is 1. The lowest BCUT2D eigenvalue weighted by Crippen LogP contribution is -2.12. The topological polar surface area (TPSA) is 57.8 Å². The van der Waals surface area contributed by atoms with E-state index < -0.39 is 11.8 Å². The van der Waals surface area contributed by atoms with E-state index in [1.54, 1.807) is 42.6 Å².